The van der Waals surface area contributed by atoms with Crippen molar-refractivity contribution in [2.24, 2.45) is 0 Å². The van der Waals surface area contributed by atoms with Gasteiger partial charge in [0.05, 0.1) is 30.5 Å². The van der Waals surface area contributed by atoms with Crippen molar-refractivity contribution in [3.63, 3.8) is 0 Å². The van der Waals surface area contributed by atoms with Crippen molar-refractivity contribution >= 4 is 17.7 Å². The van der Waals surface area contributed by atoms with E-state index >= 15 is 0 Å². The highest BCUT2D eigenvalue weighted by molar-refractivity contribution is 6.14. The molecule has 7 heteroatoms. The second-order valence-electron chi connectivity index (χ2n) is 6.51. The molecular formula is C23H21N3O4. The molecule has 0 radical (unpaired) electrons. The number of carbonyl (C=O) groups excluding carboxylic acids is 3. The predicted molar refractivity (Wildman–Crippen MR) is 108 cm³/mol. The van der Waals surface area contributed by atoms with E-state index in [1.807, 2.05) is 31.2 Å². The summed E-state index contributed by atoms with van der Waals surface area (Å²) in [6, 6.07) is 17.1. The van der Waals surface area contributed by atoms with Crippen LogP contribution >= 0.6 is 0 Å². The molecule has 0 unspecified atom stereocenters. The van der Waals surface area contributed by atoms with E-state index in [-0.39, 0.29) is 42.8 Å². The first kappa shape index (κ1) is 22.3. The zero-order chi connectivity index (χ0) is 21.9. The highest BCUT2D eigenvalue weighted by atomic mass is 16.5. The van der Waals surface area contributed by atoms with Gasteiger partial charge in [0.15, 0.2) is 12.4 Å². The molecule has 0 N–H and O–H groups in total. The van der Waals surface area contributed by atoms with Crippen molar-refractivity contribution in [2.45, 2.75) is 19.8 Å². The lowest BCUT2D eigenvalue weighted by Gasteiger charge is -2.20. The van der Waals surface area contributed by atoms with E-state index < -0.39 is 18.5 Å². The molecule has 2 aromatic rings. The van der Waals surface area contributed by atoms with E-state index in [0.29, 0.717) is 5.56 Å². The van der Waals surface area contributed by atoms with Gasteiger partial charge in [0.25, 0.3) is 5.91 Å². The summed E-state index contributed by atoms with van der Waals surface area (Å²) in [7, 11) is 0. The summed E-state index contributed by atoms with van der Waals surface area (Å²) in [6.45, 7) is 1.67. The van der Waals surface area contributed by atoms with Crippen LogP contribution in [0.3, 0.4) is 0 Å². The van der Waals surface area contributed by atoms with Crippen molar-refractivity contribution in [1.29, 1.82) is 10.5 Å². The highest BCUT2D eigenvalue weighted by Gasteiger charge is 2.21. The first-order valence-corrected chi connectivity index (χ1v) is 9.37. The lowest BCUT2D eigenvalue weighted by atomic mass is 9.98. The fourth-order valence-corrected chi connectivity index (χ4v) is 2.75. The van der Waals surface area contributed by atoms with E-state index in [9.17, 15) is 14.4 Å². The average molecular weight is 403 g/mol. The van der Waals surface area contributed by atoms with Crippen molar-refractivity contribution in [2.75, 3.05) is 19.7 Å². The van der Waals surface area contributed by atoms with Gasteiger partial charge < -0.3 is 9.64 Å². The number of ketones is 1. The highest BCUT2D eigenvalue weighted by Crippen LogP contribution is 2.16. The number of hydrogen-bond donors (Lipinski definition) is 0. The normalized spacial score (nSPS) is 9.83. The fraction of sp³-hybridized carbons (Fsp3) is 0.261. The summed E-state index contributed by atoms with van der Waals surface area (Å²) >= 11 is 0. The van der Waals surface area contributed by atoms with Gasteiger partial charge in [-0.1, -0.05) is 48.0 Å². The minimum atomic E-state index is -0.792. The van der Waals surface area contributed by atoms with Crippen LogP contribution in [0.25, 0.3) is 0 Å². The number of benzene rings is 2. The molecule has 0 atom stereocenters. The van der Waals surface area contributed by atoms with Crippen LogP contribution in [0.2, 0.25) is 0 Å². The number of ether oxygens (including phenoxy) is 1. The molecular weight excluding hydrogens is 382 g/mol. The van der Waals surface area contributed by atoms with Gasteiger partial charge in [-0.05, 0) is 13.0 Å². The summed E-state index contributed by atoms with van der Waals surface area (Å²) in [5, 5.41) is 17.4. The Morgan fingerprint density at radius 1 is 0.900 bits per heavy atom. The lowest BCUT2D eigenvalue weighted by molar-refractivity contribution is -0.134. The molecule has 152 valence electrons. The Kier molecular flexibility index (Phi) is 8.28. The van der Waals surface area contributed by atoms with Crippen LogP contribution in [0.5, 0.6) is 0 Å². The van der Waals surface area contributed by atoms with Gasteiger partial charge in [0.2, 0.25) is 0 Å². The number of amides is 1. The van der Waals surface area contributed by atoms with E-state index in [2.05, 4.69) is 0 Å². The van der Waals surface area contributed by atoms with Gasteiger partial charge in [-0.25, -0.2) is 4.79 Å². The number of hydrogen-bond acceptors (Lipinski definition) is 6. The first-order valence-electron chi connectivity index (χ1n) is 9.37. The summed E-state index contributed by atoms with van der Waals surface area (Å²) in [6.07, 6.45) is 0.220. The molecule has 0 fully saturated rings. The van der Waals surface area contributed by atoms with Crippen LogP contribution in [-0.2, 0) is 9.53 Å². The second kappa shape index (κ2) is 11.1. The van der Waals surface area contributed by atoms with Gasteiger partial charge >= 0.3 is 5.97 Å². The quantitative estimate of drug-likeness (QED) is 0.470. The van der Waals surface area contributed by atoms with Gasteiger partial charge in [-0.2, -0.15) is 10.5 Å². The summed E-state index contributed by atoms with van der Waals surface area (Å²) in [5.74, 6) is -1.62. The minimum Gasteiger partial charge on any atom is -0.452 e. The van der Waals surface area contributed by atoms with Gasteiger partial charge in [0.1, 0.15) is 0 Å². The standard InChI is InChI=1S/C23H21N3O4/c1-17-8-10-18(11-9-17)22(28)19-6-2-3-7-20(19)23(29)30-16-21(27)26(14-4-12-24)15-5-13-25/h2-3,6-11H,4-5,14-16H2,1H3. The average Bonchev–Trinajstić information content (AvgIpc) is 2.77. The molecule has 0 saturated heterocycles. The number of aryl methyl sites for hydroxylation is 1. The van der Waals surface area contributed by atoms with Crippen LogP contribution in [0.4, 0.5) is 0 Å². The van der Waals surface area contributed by atoms with E-state index in [1.54, 1.807) is 24.3 Å². The van der Waals surface area contributed by atoms with Crippen LogP contribution in [0.15, 0.2) is 48.5 Å². The molecule has 1 amide bonds. The number of rotatable bonds is 9. The maximum Gasteiger partial charge on any atom is 0.339 e. The van der Waals surface area contributed by atoms with Gasteiger partial charge in [-0.3, -0.25) is 9.59 Å². The molecule has 2 rings (SSSR count). The third-order valence-corrected chi connectivity index (χ3v) is 4.37. The molecule has 30 heavy (non-hydrogen) atoms. The molecule has 2 aromatic carbocycles. The first-order chi connectivity index (χ1) is 14.5. The lowest BCUT2D eigenvalue weighted by Crippen LogP contribution is -2.36. The third kappa shape index (κ3) is 6.02. The molecule has 0 saturated carbocycles. The minimum absolute atomic E-state index is 0.0662. The maximum absolute atomic E-state index is 12.8. The molecule has 0 aliphatic rings. The Balaban J connectivity index is 2.11. The molecule has 0 spiro atoms. The monoisotopic (exact) mass is 403 g/mol. The van der Waals surface area contributed by atoms with E-state index in [1.165, 1.54) is 17.0 Å². The Bertz CT molecular complexity index is 982. The molecule has 0 aliphatic heterocycles. The summed E-state index contributed by atoms with van der Waals surface area (Å²) in [5.41, 5.74) is 1.70. The van der Waals surface area contributed by atoms with Crippen molar-refractivity contribution in [1.82, 2.24) is 4.90 Å². The Hall–Kier alpha value is -3.97. The van der Waals surface area contributed by atoms with Crippen molar-refractivity contribution in [3.05, 3.63) is 70.8 Å². The van der Waals surface area contributed by atoms with Crippen molar-refractivity contribution < 1.29 is 19.1 Å². The topological polar surface area (TPSA) is 111 Å². The smallest absolute Gasteiger partial charge is 0.339 e. The van der Waals surface area contributed by atoms with Crippen LogP contribution < -0.4 is 0 Å². The summed E-state index contributed by atoms with van der Waals surface area (Å²) in [4.78, 5) is 39.0. The number of nitrogens with zero attached hydrogens (tertiary/aromatic N) is 3. The number of esters is 1. The Morgan fingerprint density at radius 3 is 2.03 bits per heavy atom. The van der Waals surface area contributed by atoms with Crippen molar-refractivity contribution in [3.8, 4) is 12.1 Å². The Morgan fingerprint density at radius 2 is 1.47 bits per heavy atom. The van der Waals surface area contributed by atoms with Gasteiger partial charge in [-0.15, -0.1) is 0 Å². The SMILES string of the molecule is Cc1ccc(C(=O)c2ccccc2C(=O)OCC(=O)N(CCC#N)CCC#N)cc1. The molecule has 0 aliphatic carbocycles. The van der Waals surface area contributed by atoms with E-state index in [0.717, 1.165) is 5.56 Å². The summed E-state index contributed by atoms with van der Waals surface area (Å²) < 4.78 is 5.13. The van der Waals surface area contributed by atoms with Crippen LogP contribution in [-0.4, -0.2) is 42.3 Å². The molecule has 0 heterocycles. The Labute approximate surface area is 175 Å². The molecule has 7 nitrogen and oxygen atoms in total. The largest absolute Gasteiger partial charge is 0.452 e. The maximum atomic E-state index is 12.8. The predicted octanol–water partition coefficient (Wildman–Crippen LogP) is 3.04. The molecule has 0 bridgehead atoms. The van der Waals surface area contributed by atoms with Crippen LogP contribution in [0.1, 0.15) is 44.7 Å². The number of nitriles is 2. The number of carbonyl (C=O) groups is 3. The van der Waals surface area contributed by atoms with Gasteiger partial charge in [0, 0.05) is 24.2 Å². The molecule has 0 aromatic heterocycles. The third-order valence-electron chi connectivity index (χ3n) is 4.37. The van der Waals surface area contributed by atoms with Crippen LogP contribution in [0, 0.1) is 29.6 Å². The zero-order valence-electron chi connectivity index (χ0n) is 16.6. The zero-order valence-corrected chi connectivity index (χ0v) is 16.6. The second-order valence-corrected chi connectivity index (χ2v) is 6.51. The van der Waals surface area contributed by atoms with E-state index in [4.69, 9.17) is 15.3 Å². The fourth-order valence-electron chi connectivity index (χ4n) is 2.75.